The Morgan fingerprint density at radius 1 is 0.280 bits per heavy atom. The highest BCUT2D eigenvalue weighted by molar-refractivity contribution is 7.47. The van der Waals surface area contributed by atoms with Gasteiger partial charge in [-0.15, -0.1) is 0 Å². The number of hydrogen-bond acceptors (Lipinski definition) is 15. The maximum atomic E-state index is 13.1. The van der Waals surface area contributed by atoms with Gasteiger partial charge in [0.05, 0.1) is 26.4 Å². The fourth-order valence-corrected chi connectivity index (χ4v) is 14.1. The summed E-state index contributed by atoms with van der Waals surface area (Å²) >= 11 is 0. The van der Waals surface area contributed by atoms with Crippen molar-refractivity contribution in [2.45, 2.75) is 451 Å². The fourth-order valence-electron chi connectivity index (χ4n) is 12.6. The van der Waals surface area contributed by atoms with Crippen molar-refractivity contribution in [3.05, 3.63) is 0 Å². The molecule has 0 aromatic rings. The van der Waals surface area contributed by atoms with Crippen LogP contribution in [0.15, 0.2) is 0 Å². The molecule has 0 saturated heterocycles. The summed E-state index contributed by atoms with van der Waals surface area (Å²) in [4.78, 5) is 72.9. The Hall–Kier alpha value is -1.94. The summed E-state index contributed by atoms with van der Waals surface area (Å²) in [6.45, 7) is 7.36. The molecule has 17 nitrogen and oxygen atoms in total. The lowest BCUT2D eigenvalue weighted by molar-refractivity contribution is -0.161. The normalized spacial score (nSPS) is 14.1. The van der Waals surface area contributed by atoms with Crippen LogP contribution in [0.1, 0.15) is 433 Å². The van der Waals surface area contributed by atoms with Crippen LogP contribution >= 0.6 is 15.6 Å². The lowest BCUT2D eigenvalue weighted by atomic mass is 9.99. The molecule has 0 spiro atoms. The Labute approximate surface area is 613 Å². The van der Waals surface area contributed by atoms with E-state index in [9.17, 15) is 43.2 Å². The number of phosphoric ester groups is 2. The zero-order chi connectivity index (χ0) is 73.4. The second kappa shape index (κ2) is 73.9. The van der Waals surface area contributed by atoms with Crippen LogP contribution in [0.25, 0.3) is 0 Å². The molecule has 3 unspecified atom stereocenters. The van der Waals surface area contributed by atoms with Gasteiger partial charge < -0.3 is 33.8 Å². The molecule has 0 amide bonds. The van der Waals surface area contributed by atoms with Crippen molar-refractivity contribution in [2.24, 2.45) is 5.92 Å². The number of esters is 4. The Kier molecular flexibility index (Phi) is 72.5. The van der Waals surface area contributed by atoms with E-state index in [4.69, 9.17) is 37.0 Å². The lowest BCUT2D eigenvalue weighted by Crippen LogP contribution is -2.30. The maximum Gasteiger partial charge on any atom is 0.472 e. The minimum Gasteiger partial charge on any atom is -0.462 e. The van der Waals surface area contributed by atoms with E-state index in [0.717, 1.165) is 102 Å². The number of aliphatic hydroxyl groups is 1. The summed E-state index contributed by atoms with van der Waals surface area (Å²) in [5.41, 5.74) is 0. The van der Waals surface area contributed by atoms with Gasteiger partial charge in [0.25, 0.3) is 0 Å². The fraction of sp³-hybridized carbons (Fsp3) is 0.951. The first-order valence-electron chi connectivity index (χ1n) is 42.2. The molecular weight excluding hydrogens is 1310 g/mol. The van der Waals surface area contributed by atoms with E-state index in [2.05, 4.69) is 34.6 Å². The van der Waals surface area contributed by atoms with E-state index in [1.807, 2.05) is 0 Å². The molecule has 0 radical (unpaired) electrons. The minimum atomic E-state index is -4.96. The van der Waals surface area contributed by atoms with Crippen molar-refractivity contribution < 1.29 is 80.2 Å². The number of carbonyl (C=O) groups excluding carboxylic acids is 4. The number of aliphatic hydroxyl groups excluding tert-OH is 1. The summed E-state index contributed by atoms with van der Waals surface area (Å²) in [5.74, 6) is -1.26. The van der Waals surface area contributed by atoms with Crippen LogP contribution in [-0.2, 0) is 65.4 Å². The largest absolute Gasteiger partial charge is 0.472 e. The number of unbranched alkanes of at least 4 members (excludes halogenated alkanes) is 52. The molecule has 0 aromatic heterocycles. The molecule has 594 valence electrons. The highest BCUT2D eigenvalue weighted by atomic mass is 31.2. The summed E-state index contributed by atoms with van der Waals surface area (Å²) in [6.07, 6.45) is 65.2. The first-order valence-corrected chi connectivity index (χ1v) is 45.2. The highest BCUT2D eigenvalue weighted by Crippen LogP contribution is 2.45. The monoisotopic (exact) mass is 1470 g/mol. The van der Waals surface area contributed by atoms with Crippen LogP contribution in [0, 0.1) is 5.92 Å². The molecule has 0 heterocycles. The molecule has 0 fully saturated rings. The van der Waals surface area contributed by atoms with E-state index in [1.54, 1.807) is 0 Å². The molecule has 0 saturated carbocycles. The second-order valence-electron chi connectivity index (χ2n) is 29.4. The van der Waals surface area contributed by atoms with Crippen molar-refractivity contribution in [3.63, 3.8) is 0 Å². The van der Waals surface area contributed by atoms with Gasteiger partial charge in [-0.3, -0.25) is 37.3 Å². The first kappa shape index (κ1) is 98.1. The Bertz CT molecular complexity index is 1910. The number of ether oxygens (including phenoxy) is 4. The minimum absolute atomic E-state index is 0.108. The Balaban J connectivity index is 5.20. The van der Waals surface area contributed by atoms with E-state index in [1.165, 1.54) is 250 Å². The zero-order valence-electron chi connectivity index (χ0n) is 65.3. The number of carbonyl (C=O) groups is 4. The third-order valence-electron chi connectivity index (χ3n) is 19.4. The molecule has 100 heavy (non-hydrogen) atoms. The second-order valence-corrected chi connectivity index (χ2v) is 32.3. The third kappa shape index (κ3) is 73.0. The van der Waals surface area contributed by atoms with Crippen LogP contribution in [0.3, 0.4) is 0 Å². The Morgan fingerprint density at radius 2 is 0.480 bits per heavy atom. The van der Waals surface area contributed by atoms with Crippen LogP contribution in [-0.4, -0.2) is 96.7 Å². The molecule has 0 aromatic carbocycles. The van der Waals surface area contributed by atoms with Crippen molar-refractivity contribution >= 4 is 39.5 Å². The lowest BCUT2D eigenvalue weighted by Gasteiger charge is -2.21. The molecular formula is C81H158O17P2. The predicted molar refractivity (Wildman–Crippen MR) is 409 cm³/mol. The van der Waals surface area contributed by atoms with Crippen LogP contribution in [0.5, 0.6) is 0 Å². The summed E-state index contributed by atoms with van der Waals surface area (Å²) in [7, 11) is -9.91. The van der Waals surface area contributed by atoms with Gasteiger partial charge in [-0.05, 0) is 31.6 Å². The van der Waals surface area contributed by atoms with E-state index in [0.29, 0.717) is 25.7 Å². The van der Waals surface area contributed by atoms with E-state index in [-0.39, 0.29) is 25.7 Å². The molecule has 6 atom stereocenters. The maximum absolute atomic E-state index is 13.1. The van der Waals surface area contributed by atoms with Crippen LogP contribution in [0.2, 0.25) is 0 Å². The highest BCUT2D eigenvalue weighted by Gasteiger charge is 2.30. The van der Waals surface area contributed by atoms with Gasteiger partial charge in [-0.2, -0.15) is 0 Å². The van der Waals surface area contributed by atoms with Crippen molar-refractivity contribution in [3.8, 4) is 0 Å². The number of phosphoric acid groups is 2. The topological polar surface area (TPSA) is 237 Å². The van der Waals surface area contributed by atoms with Gasteiger partial charge in [-0.25, -0.2) is 9.13 Å². The molecule has 0 bridgehead atoms. The van der Waals surface area contributed by atoms with Crippen LogP contribution in [0.4, 0.5) is 0 Å². The van der Waals surface area contributed by atoms with Gasteiger partial charge in [0.2, 0.25) is 0 Å². The molecule has 0 aliphatic carbocycles. The third-order valence-corrected chi connectivity index (χ3v) is 21.3. The number of rotatable bonds is 81. The zero-order valence-corrected chi connectivity index (χ0v) is 67.1. The summed E-state index contributed by atoms with van der Waals surface area (Å²) in [5, 5.41) is 10.6. The molecule has 3 N–H and O–H groups in total. The summed E-state index contributed by atoms with van der Waals surface area (Å²) < 4.78 is 68.7. The van der Waals surface area contributed by atoms with Crippen LogP contribution < -0.4 is 0 Å². The van der Waals surface area contributed by atoms with Gasteiger partial charge in [0.15, 0.2) is 12.2 Å². The van der Waals surface area contributed by atoms with Crippen molar-refractivity contribution in [2.75, 3.05) is 39.6 Å². The summed E-state index contributed by atoms with van der Waals surface area (Å²) in [6, 6.07) is 0. The first-order chi connectivity index (χ1) is 48.6. The van der Waals surface area contributed by atoms with Gasteiger partial charge in [0, 0.05) is 25.7 Å². The van der Waals surface area contributed by atoms with E-state index < -0.39 is 97.5 Å². The Morgan fingerprint density at radius 3 is 0.710 bits per heavy atom. The number of hydrogen-bond donors (Lipinski definition) is 3. The molecule has 0 rings (SSSR count). The van der Waals surface area contributed by atoms with Gasteiger partial charge >= 0.3 is 39.5 Å². The average molecular weight is 1470 g/mol. The molecule has 19 heteroatoms. The molecule has 0 aliphatic rings. The van der Waals surface area contributed by atoms with Gasteiger partial charge in [-0.1, -0.05) is 381 Å². The predicted octanol–water partition coefficient (Wildman–Crippen LogP) is 24.4. The average Bonchev–Trinajstić information content (AvgIpc) is 0.920. The van der Waals surface area contributed by atoms with E-state index >= 15 is 0 Å². The van der Waals surface area contributed by atoms with Crippen molar-refractivity contribution in [1.82, 2.24) is 0 Å². The molecule has 0 aliphatic heterocycles. The van der Waals surface area contributed by atoms with Crippen molar-refractivity contribution in [1.29, 1.82) is 0 Å². The quantitative estimate of drug-likeness (QED) is 0.0222. The smallest absolute Gasteiger partial charge is 0.462 e. The standard InChI is InChI=1S/C81H158O17P2/c1-6-10-13-16-19-22-24-26-28-29-30-31-33-39-43-47-52-57-62-67-81(86)98-77(71-92-79(84)65-60-55-50-45-41-37-35-34-36-40-44-48-53-58-63-74(5)9-4)73-96-100(89,90)94-69-75(82)68-93-99(87,88)95-72-76(70-91-78(83)64-59-54-49-21-18-15-12-8-3)97-80(85)66-61-56-51-46-42-38-32-27-25-23-20-17-14-11-7-2/h74-77,82H,6-73H2,1-5H3,(H,87,88)(H,89,90)/t74?,75-,76+,77+/m0/s1. The SMILES string of the molecule is CCCCCCCCCCCCCCCCCCCCCC(=O)O[C@H](COC(=O)CCCCCCCCCCCCCCCCC(C)CC)COP(=O)(O)OC[C@@H](O)COP(=O)(O)OC[C@@H](COC(=O)CCCCCCCCCC)OC(=O)CCCCCCCCCCCCCCCCC. The van der Waals surface area contributed by atoms with Gasteiger partial charge in [0.1, 0.15) is 19.3 Å².